The van der Waals surface area contributed by atoms with Crippen LogP contribution in [0.4, 0.5) is 0 Å². The van der Waals surface area contributed by atoms with Crippen molar-refractivity contribution < 1.29 is 19.7 Å². The van der Waals surface area contributed by atoms with Crippen molar-refractivity contribution in [2.24, 2.45) is 0 Å². The molecule has 0 radical (unpaired) electrons. The Bertz CT molecular complexity index is 64.4. The molecule has 0 saturated carbocycles. The van der Waals surface area contributed by atoms with Crippen molar-refractivity contribution in [2.45, 2.75) is 12.6 Å². The quantitative estimate of drug-likeness (QED) is 0.416. The molecule has 4 nitrogen and oxygen atoms in total. The molecular weight excluding hydrogens is 112 g/mol. The molecule has 0 spiro atoms. The first-order valence-electron chi connectivity index (χ1n) is 2.40. The number of rotatable bonds is 0. The molecule has 2 N–H and O–H groups in total. The molecule has 0 aromatic carbocycles. The summed E-state index contributed by atoms with van der Waals surface area (Å²) in [6.07, 6.45) is -2.33. The standard InChI is InChI=1S/C4H8O4/c5-3-4(6)8-2-1-7-3/h3-6H,1-2H2/t3-,4-/m0/s1. The summed E-state index contributed by atoms with van der Waals surface area (Å²) in [5.41, 5.74) is 0. The van der Waals surface area contributed by atoms with Crippen LogP contribution >= 0.6 is 0 Å². The second-order valence-corrected chi connectivity index (χ2v) is 1.52. The van der Waals surface area contributed by atoms with Gasteiger partial charge in [0, 0.05) is 0 Å². The lowest BCUT2D eigenvalue weighted by molar-refractivity contribution is -0.291. The lowest BCUT2D eigenvalue weighted by Crippen LogP contribution is -2.37. The fourth-order valence-electron chi connectivity index (χ4n) is 0.502. The van der Waals surface area contributed by atoms with E-state index in [9.17, 15) is 0 Å². The molecule has 0 bridgehead atoms. The van der Waals surface area contributed by atoms with E-state index in [4.69, 9.17) is 10.2 Å². The van der Waals surface area contributed by atoms with E-state index in [0.29, 0.717) is 13.2 Å². The molecule has 1 aliphatic rings. The second kappa shape index (κ2) is 2.41. The van der Waals surface area contributed by atoms with Crippen LogP contribution < -0.4 is 0 Å². The maximum atomic E-state index is 8.58. The van der Waals surface area contributed by atoms with Crippen molar-refractivity contribution in [3.63, 3.8) is 0 Å². The number of hydrogen-bond donors (Lipinski definition) is 2. The minimum absolute atomic E-state index is 0.345. The van der Waals surface area contributed by atoms with Crippen LogP contribution in [0.1, 0.15) is 0 Å². The summed E-state index contributed by atoms with van der Waals surface area (Å²) in [6, 6.07) is 0. The maximum absolute atomic E-state index is 8.58. The summed E-state index contributed by atoms with van der Waals surface area (Å²) in [4.78, 5) is 0. The van der Waals surface area contributed by atoms with Crippen molar-refractivity contribution in [3.8, 4) is 0 Å². The molecular formula is C4H8O4. The zero-order valence-corrected chi connectivity index (χ0v) is 4.28. The highest BCUT2D eigenvalue weighted by molar-refractivity contribution is 4.49. The normalized spacial score (nSPS) is 39.8. The van der Waals surface area contributed by atoms with Gasteiger partial charge in [-0.2, -0.15) is 0 Å². The van der Waals surface area contributed by atoms with E-state index in [2.05, 4.69) is 9.47 Å². The van der Waals surface area contributed by atoms with E-state index in [1.165, 1.54) is 0 Å². The first-order valence-corrected chi connectivity index (χ1v) is 2.40. The summed E-state index contributed by atoms with van der Waals surface area (Å²) in [7, 11) is 0. The summed E-state index contributed by atoms with van der Waals surface area (Å²) in [5, 5.41) is 17.2. The van der Waals surface area contributed by atoms with Crippen molar-refractivity contribution in [1.29, 1.82) is 0 Å². The van der Waals surface area contributed by atoms with Gasteiger partial charge in [-0.1, -0.05) is 0 Å². The molecule has 2 atom stereocenters. The third-order valence-corrected chi connectivity index (χ3v) is 0.904. The van der Waals surface area contributed by atoms with Gasteiger partial charge in [0.05, 0.1) is 13.2 Å². The van der Waals surface area contributed by atoms with Crippen molar-refractivity contribution >= 4 is 0 Å². The molecule has 8 heavy (non-hydrogen) atoms. The molecule has 0 aliphatic carbocycles. The molecule has 48 valence electrons. The molecule has 1 fully saturated rings. The first kappa shape index (κ1) is 5.97. The van der Waals surface area contributed by atoms with Crippen molar-refractivity contribution in [2.75, 3.05) is 13.2 Å². The number of hydrogen-bond acceptors (Lipinski definition) is 4. The molecule has 0 aromatic rings. The van der Waals surface area contributed by atoms with Crippen LogP contribution in [-0.4, -0.2) is 36.0 Å². The average Bonchev–Trinajstić information content (AvgIpc) is 1.77. The topological polar surface area (TPSA) is 58.9 Å². The zero-order chi connectivity index (χ0) is 5.98. The van der Waals surface area contributed by atoms with Gasteiger partial charge in [0.1, 0.15) is 0 Å². The minimum Gasteiger partial charge on any atom is -0.364 e. The molecule has 0 amide bonds. The smallest absolute Gasteiger partial charge is 0.206 e. The van der Waals surface area contributed by atoms with Gasteiger partial charge in [-0.3, -0.25) is 0 Å². The van der Waals surface area contributed by atoms with E-state index in [-0.39, 0.29) is 0 Å². The molecule has 4 heteroatoms. The molecule has 1 heterocycles. The monoisotopic (exact) mass is 120 g/mol. The van der Waals surface area contributed by atoms with Crippen molar-refractivity contribution in [1.82, 2.24) is 0 Å². The summed E-state index contributed by atoms with van der Waals surface area (Å²) >= 11 is 0. The predicted octanol–water partition coefficient (Wildman–Crippen LogP) is -1.33. The third kappa shape index (κ3) is 1.16. The van der Waals surface area contributed by atoms with Crippen LogP contribution in [0.3, 0.4) is 0 Å². The van der Waals surface area contributed by atoms with Crippen molar-refractivity contribution in [3.05, 3.63) is 0 Å². The summed E-state index contributed by atoms with van der Waals surface area (Å²) < 4.78 is 9.14. The van der Waals surface area contributed by atoms with E-state index in [1.54, 1.807) is 0 Å². The Morgan fingerprint density at radius 2 is 1.38 bits per heavy atom. The number of aliphatic hydroxyl groups excluding tert-OH is 2. The molecule has 1 rings (SSSR count). The molecule has 0 unspecified atom stereocenters. The van der Waals surface area contributed by atoms with Gasteiger partial charge in [0.2, 0.25) is 12.6 Å². The SMILES string of the molecule is O[C@H]1OCCO[C@@H]1O. The third-order valence-electron chi connectivity index (χ3n) is 0.904. The Hall–Kier alpha value is -0.160. The lowest BCUT2D eigenvalue weighted by Gasteiger charge is -2.23. The van der Waals surface area contributed by atoms with Crippen LogP contribution in [0.2, 0.25) is 0 Å². The van der Waals surface area contributed by atoms with Crippen LogP contribution in [0, 0.1) is 0 Å². The van der Waals surface area contributed by atoms with Gasteiger partial charge in [-0.05, 0) is 0 Å². The summed E-state index contributed by atoms with van der Waals surface area (Å²) in [6.45, 7) is 0.691. The lowest BCUT2D eigenvalue weighted by atomic mass is 10.5. The van der Waals surface area contributed by atoms with Gasteiger partial charge in [0.15, 0.2) is 0 Å². The van der Waals surface area contributed by atoms with Crippen LogP contribution in [0.25, 0.3) is 0 Å². The number of ether oxygens (including phenoxy) is 2. The fraction of sp³-hybridized carbons (Fsp3) is 1.00. The zero-order valence-electron chi connectivity index (χ0n) is 4.28. The fourth-order valence-corrected chi connectivity index (χ4v) is 0.502. The van der Waals surface area contributed by atoms with E-state index >= 15 is 0 Å². The molecule has 0 aromatic heterocycles. The van der Waals surface area contributed by atoms with Gasteiger partial charge < -0.3 is 19.7 Å². The van der Waals surface area contributed by atoms with Crippen LogP contribution in [0.15, 0.2) is 0 Å². The van der Waals surface area contributed by atoms with E-state index in [1.807, 2.05) is 0 Å². The van der Waals surface area contributed by atoms with E-state index < -0.39 is 12.6 Å². The van der Waals surface area contributed by atoms with Crippen LogP contribution in [0.5, 0.6) is 0 Å². The highest BCUT2D eigenvalue weighted by Gasteiger charge is 2.20. The Balaban J connectivity index is 2.28. The highest BCUT2D eigenvalue weighted by atomic mass is 16.7. The average molecular weight is 120 g/mol. The van der Waals surface area contributed by atoms with Gasteiger partial charge in [-0.25, -0.2) is 0 Å². The van der Waals surface area contributed by atoms with Gasteiger partial charge >= 0.3 is 0 Å². The minimum atomic E-state index is -1.16. The first-order chi connectivity index (χ1) is 3.80. The number of aliphatic hydroxyl groups is 2. The molecule has 1 saturated heterocycles. The molecule has 1 aliphatic heterocycles. The summed E-state index contributed by atoms with van der Waals surface area (Å²) in [5.74, 6) is 0. The maximum Gasteiger partial charge on any atom is 0.206 e. The second-order valence-electron chi connectivity index (χ2n) is 1.52. The van der Waals surface area contributed by atoms with Gasteiger partial charge in [-0.15, -0.1) is 0 Å². The Labute approximate surface area is 46.6 Å². The largest absolute Gasteiger partial charge is 0.364 e. The Kier molecular flexibility index (Phi) is 1.80. The van der Waals surface area contributed by atoms with E-state index in [0.717, 1.165) is 0 Å². The Morgan fingerprint density at radius 3 is 1.62 bits per heavy atom. The van der Waals surface area contributed by atoms with Gasteiger partial charge in [0.25, 0.3) is 0 Å². The Morgan fingerprint density at radius 1 is 1.00 bits per heavy atom. The predicted molar refractivity (Wildman–Crippen MR) is 23.9 cm³/mol. The van der Waals surface area contributed by atoms with Crippen LogP contribution in [-0.2, 0) is 9.47 Å². The highest BCUT2D eigenvalue weighted by Crippen LogP contribution is 2.02.